The van der Waals surface area contributed by atoms with Crippen molar-refractivity contribution in [2.45, 2.75) is 25.3 Å². The van der Waals surface area contributed by atoms with Gasteiger partial charge in [0.15, 0.2) is 0 Å². The molecule has 16 heavy (non-hydrogen) atoms. The van der Waals surface area contributed by atoms with Crippen LogP contribution in [0.4, 0.5) is 0 Å². The van der Waals surface area contributed by atoms with Crippen LogP contribution in [-0.2, 0) is 17.7 Å². The van der Waals surface area contributed by atoms with Crippen LogP contribution in [0.5, 0.6) is 0 Å². The second-order valence-corrected chi connectivity index (χ2v) is 4.47. The lowest BCUT2D eigenvalue weighted by molar-refractivity contribution is 0.197. The molecule has 1 aromatic carbocycles. The second-order valence-electron chi connectivity index (χ2n) is 3.85. The molecule has 0 aliphatic rings. The summed E-state index contributed by atoms with van der Waals surface area (Å²) in [6.07, 6.45) is 1.09. The molecular weight excluding hydrogens is 222 g/mol. The van der Waals surface area contributed by atoms with Crippen molar-refractivity contribution in [3.63, 3.8) is 0 Å². The number of nitrogens with one attached hydrogen (secondary N) is 1. The summed E-state index contributed by atoms with van der Waals surface area (Å²) in [5, 5.41) is 3.35. The summed E-state index contributed by atoms with van der Waals surface area (Å²) in [6, 6.07) is 8.66. The van der Waals surface area contributed by atoms with Gasteiger partial charge in [-0.3, -0.25) is 0 Å². The Morgan fingerprint density at radius 1 is 1.25 bits per heavy atom. The van der Waals surface area contributed by atoms with Crippen LogP contribution in [0, 0.1) is 0 Å². The molecule has 90 valence electrons. The number of alkyl halides is 1. The summed E-state index contributed by atoms with van der Waals surface area (Å²) in [4.78, 5) is 0. The first-order chi connectivity index (χ1) is 7.76. The van der Waals surface area contributed by atoms with E-state index in [1.807, 2.05) is 0 Å². The number of benzene rings is 1. The first-order valence-electron chi connectivity index (χ1n) is 5.67. The zero-order valence-corrected chi connectivity index (χ0v) is 10.8. The van der Waals surface area contributed by atoms with E-state index in [1.54, 1.807) is 7.11 Å². The minimum atomic E-state index is 0.0416. The molecular formula is C13H20ClNO. The van der Waals surface area contributed by atoms with Gasteiger partial charge in [-0.2, -0.15) is 0 Å². The van der Waals surface area contributed by atoms with Crippen LogP contribution in [0.15, 0.2) is 24.3 Å². The molecule has 1 rings (SSSR count). The molecule has 0 fully saturated rings. The largest absolute Gasteiger partial charge is 0.383 e. The molecule has 0 aromatic heterocycles. The Bertz CT molecular complexity index is 286. The Kier molecular flexibility index (Phi) is 6.46. The van der Waals surface area contributed by atoms with Gasteiger partial charge in [0.25, 0.3) is 0 Å². The molecule has 0 bridgehead atoms. The lowest BCUT2D eigenvalue weighted by Crippen LogP contribution is -2.25. The van der Waals surface area contributed by atoms with Gasteiger partial charge in [0, 0.05) is 20.2 Å². The van der Waals surface area contributed by atoms with Gasteiger partial charge in [-0.05, 0) is 17.5 Å². The molecule has 0 spiro atoms. The van der Waals surface area contributed by atoms with Crippen molar-refractivity contribution in [1.29, 1.82) is 0 Å². The van der Waals surface area contributed by atoms with Gasteiger partial charge in [-0.1, -0.05) is 31.2 Å². The summed E-state index contributed by atoms with van der Waals surface area (Å²) in [7, 11) is 1.67. The van der Waals surface area contributed by atoms with Crippen molar-refractivity contribution in [2.24, 2.45) is 0 Å². The van der Waals surface area contributed by atoms with Crippen molar-refractivity contribution in [3.05, 3.63) is 35.4 Å². The van der Waals surface area contributed by atoms with E-state index in [9.17, 15) is 0 Å². The third-order valence-corrected chi connectivity index (χ3v) is 2.75. The Morgan fingerprint density at radius 3 is 2.44 bits per heavy atom. The maximum Gasteiger partial charge on any atom is 0.0694 e. The zero-order valence-electron chi connectivity index (χ0n) is 10.0. The summed E-state index contributed by atoms with van der Waals surface area (Å²) >= 11 is 6.01. The zero-order chi connectivity index (χ0) is 11.8. The van der Waals surface area contributed by atoms with E-state index in [4.69, 9.17) is 16.3 Å². The van der Waals surface area contributed by atoms with E-state index in [2.05, 4.69) is 36.5 Å². The monoisotopic (exact) mass is 241 g/mol. The highest BCUT2D eigenvalue weighted by Gasteiger charge is 2.02. The van der Waals surface area contributed by atoms with Crippen LogP contribution >= 0.6 is 11.6 Å². The van der Waals surface area contributed by atoms with Crippen molar-refractivity contribution in [2.75, 3.05) is 20.3 Å². The molecule has 1 N–H and O–H groups in total. The first-order valence-corrected chi connectivity index (χ1v) is 6.11. The number of halogens is 1. The fourth-order valence-electron chi connectivity index (χ4n) is 1.51. The summed E-state index contributed by atoms with van der Waals surface area (Å²) in [5.41, 5.74) is 2.66. The van der Waals surface area contributed by atoms with Crippen molar-refractivity contribution < 1.29 is 4.74 Å². The van der Waals surface area contributed by atoms with E-state index >= 15 is 0 Å². The molecule has 0 radical (unpaired) electrons. The van der Waals surface area contributed by atoms with Gasteiger partial charge < -0.3 is 10.1 Å². The molecule has 2 nitrogen and oxygen atoms in total. The topological polar surface area (TPSA) is 21.3 Å². The molecule has 1 atom stereocenters. The highest BCUT2D eigenvalue weighted by Crippen LogP contribution is 2.05. The number of methoxy groups -OCH3 is 1. The summed E-state index contributed by atoms with van der Waals surface area (Å²) < 4.78 is 4.96. The normalized spacial score (nSPS) is 12.7. The average molecular weight is 242 g/mol. The van der Waals surface area contributed by atoms with E-state index in [0.29, 0.717) is 6.61 Å². The number of hydrogen-bond acceptors (Lipinski definition) is 2. The molecule has 0 aliphatic carbocycles. The molecule has 0 saturated heterocycles. The maximum absolute atomic E-state index is 6.01. The van der Waals surface area contributed by atoms with E-state index < -0.39 is 0 Å². The first kappa shape index (κ1) is 13.5. The average Bonchev–Trinajstić information content (AvgIpc) is 2.30. The molecule has 3 heteroatoms. The Balaban J connectivity index is 2.26. The van der Waals surface area contributed by atoms with E-state index in [0.717, 1.165) is 19.5 Å². The lowest BCUT2D eigenvalue weighted by Gasteiger charge is -2.10. The SMILES string of the molecule is CCc1ccc(CNCC(Cl)COC)cc1. The van der Waals surface area contributed by atoms with Crippen LogP contribution in [0.3, 0.4) is 0 Å². The van der Waals surface area contributed by atoms with Gasteiger partial charge in [0.05, 0.1) is 12.0 Å². The Morgan fingerprint density at radius 2 is 1.88 bits per heavy atom. The van der Waals surface area contributed by atoms with E-state index in [1.165, 1.54) is 11.1 Å². The quantitative estimate of drug-likeness (QED) is 0.741. The lowest BCUT2D eigenvalue weighted by atomic mass is 10.1. The van der Waals surface area contributed by atoms with Crippen LogP contribution in [0.2, 0.25) is 0 Å². The molecule has 0 amide bonds. The van der Waals surface area contributed by atoms with Crippen LogP contribution < -0.4 is 5.32 Å². The standard InChI is InChI=1S/C13H20ClNO/c1-3-11-4-6-12(7-5-11)8-15-9-13(14)10-16-2/h4-7,13,15H,3,8-10H2,1-2H3. The van der Waals surface area contributed by atoms with Crippen LogP contribution in [-0.4, -0.2) is 25.6 Å². The maximum atomic E-state index is 6.01. The highest BCUT2D eigenvalue weighted by molar-refractivity contribution is 6.20. The van der Waals surface area contributed by atoms with Gasteiger partial charge in [-0.15, -0.1) is 11.6 Å². The Labute approximate surface area is 103 Å². The Hall–Kier alpha value is -0.570. The molecule has 0 aliphatic heterocycles. The number of hydrogen-bond donors (Lipinski definition) is 1. The van der Waals surface area contributed by atoms with Crippen molar-refractivity contribution >= 4 is 11.6 Å². The van der Waals surface area contributed by atoms with Crippen molar-refractivity contribution in [1.82, 2.24) is 5.32 Å². The number of ether oxygens (including phenoxy) is 1. The third-order valence-electron chi connectivity index (χ3n) is 2.47. The predicted molar refractivity (Wildman–Crippen MR) is 69.0 cm³/mol. The van der Waals surface area contributed by atoms with E-state index in [-0.39, 0.29) is 5.38 Å². The van der Waals surface area contributed by atoms with Gasteiger partial charge in [0.1, 0.15) is 0 Å². The molecule has 1 aromatic rings. The number of rotatable bonds is 7. The predicted octanol–water partition coefficient (Wildman–Crippen LogP) is 2.59. The van der Waals surface area contributed by atoms with Crippen LogP contribution in [0.1, 0.15) is 18.1 Å². The third kappa shape index (κ3) is 4.97. The number of aryl methyl sites for hydroxylation is 1. The summed E-state index contributed by atoms with van der Waals surface area (Å²) in [5.74, 6) is 0. The fraction of sp³-hybridized carbons (Fsp3) is 0.538. The van der Waals surface area contributed by atoms with Crippen molar-refractivity contribution in [3.8, 4) is 0 Å². The highest BCUT2D eigenvalue weighted by atomic mass is 35.5. The fourth-order valence-corrected chi connectivity index (χ4v) is 1.74. The molecule has 1 unspecified atom stereocenters. The molecule has 0 heterocycles. The molecule has 0 saturated carbocycles. The summed E-state index contributed by atoms with van der Waals surface area (Å²) in [6.45, 7) is 4.38. The van der Waals surface area contributed by atoms with Crippen LogP contribution in [0.25, 0.3) is 0 Å². The smallest absolute Gasteiger partial charge is 0.0694 e. The van der Waals surface area contributed by atoms with Gasteiger partial charge in [0.2, 0.25) is 0 Å². The van der Waals surface area contributed by atoms with Gasteiger partial charge >= 0.3 is 0 Å². The van der Waals surface area contributed by atoms with Gasteiger partial charge in [-0.25, -0.2) is 0 Å². The second kappa shape index (κ2) is 7.66. The minimum Gasteiger partial charge on any atom is -0.383 e. The minimum absolute atomic E-state index is 0.0416.